The molecule has 3 nitrogen and oxygen atoms in total. The predicted octanol–water partition coefficient (Wildman–Crippen LogP) is 1.02. The summed E-state index contributed by atoms with van der Waals surface area (Å²) in [7, 11) is 0. The van der Waals surface area contributed by atoms with Gasteiger partial charge in [0.05, 0.1) is 6.61 Å². The molecule has 0 bridgehead atoms. The van der Waals surface area contributed by atoms with Crippen LogP contribution in [-0.2, 0) is 0 Å². The zero-order valence-corrected chi connectivity index (χ0v) is 9.57. The van der Waals surface area contributed by atoms with Gasteiger partial charge in [0.25, 0.3) is 0 Å². The highest BCUT2D eigenvalue weighted by Gasteiger charge is 2.18. The second kappa shape index (κ2) is 6.19. The summed E-state index contributed by atoms with van der Waals surface area (Å²) in [6, 6.07) is 0.525. The summed E-state index contributed by atoms with van der Waals surface area (Å²) in [5.41, 5.74) is 0. The van der Waals surface area contributed by atoms with Gasteiger partial charge in [-0.2, -0.15) is 0 Å². The smallest absolute Gasteiger partial charge is 0.166 e. The van der Waals surface area contributed by atoms with Crippen LogP contribution in [0.3, 0.4) is 0 Å². The lowest BCUT2D eigenvalue weighted by atomic mass is 9.87. The van der Waals surface area contributed by atoms with Gasteiger partial charge in [-0.1, -0.05) is 19.8 Å². The molecule has 1 saturated carbocycles. The van der Waals surface area contributed by atoms with Crippen molar-refractivity contribution >= 4 is 17.3 Å². The summed E-state index contributed by atoms with van der Waals surface area (Å²) in [4.78, 5) is 0. The molecule has 4 heteroatoms. The fourth-order valence-electron chi connectivity index (χ4n) is 1.97. The molecule has 0 aromatic heterocycles. The van der Waals surface area contributed by atoms with Crippen molar-refractivity contribution in [1.82, 2.24) is 10.6 Å². The van der Waals surface area contributed by atoms with Crippen LogP contribution in [0.4, 0.5) is 0 Å². The van der Waals surface area contributed by atoms with E-state index < -0.39 is 0 Å². The first-order chi connectivity index (χ1) is 6.72. The third-order valence-electron chi connectivity index (χ3n) is 2.67. The molecule has 0 aromatic rings. The minimum Gasteiger partial charge on any atom is -0.395 e. The average Bonchev–Trinajstić information content (AvgIpc) is 2.15. The van der Waals surface area contributed by atoms with E-state index in [1.54, 1.807) is 0 Å². The van der Waals surface area contributed by atoms with Gasteiger partial charge < -0.3 is 15.7 Å². The fraction of sp³-hybridized carbons (Fsp3) is 0.900. The molecule has 0 aliphatic heterocycles. The van der Waals surface area contributed by atoms with Crippen LogP contribution in [0.25, 0.3) is 0 Å². The fourth-order valence-corrected chi connectivity index (χ4v) is 2.24. The number of hydrogen-bond acceptors (Lipinski definition) is 2. The molecule has 2 atom stereocenters. The standard InChI is InChI=1S/C10H20N2OS/c1-8-3-2-4-9(7-8)12-10(14)11-5-6-13/h8-9,13H,2-7H2,1H3,(H2,11,12,14)/t8-,9?/m0/s1. The summed E-state index contributed by atoms with van der Waals surface area (Å²) in [5.74, 6) is 0.807. The highest BCUT2D eigenvalue weighted by Crippen LogP contribution is 2.23. The van der Waals surface area contributed by atoms with Crippen LogP contribution in [0.5, 0.6) is 0 Å². The van der Waals surface area contributed by atoms with E-state index in [4.69, 9.17) is 17.3 Å². The molecule has 3 N–H and O–H groups in total. The molecule has 1 fully saturated rings. The van der Waals surface area contributed by atoms with Gasteiger partial charge in [-0.25, -0.2) is 0 Å². The molecule has 0 amide bonds. The van der Waals surface area contributed by atoms with Gasteiger partial charge >= 0.3 is 0 Å². The quantitative estimate of drug-likeness (QED) is 0.616. The maximum atomic E-state index is 8.61. The Morgan fingerprint density at radius 3 is 2.93 bits per heavy atom. The van der Waals surface area contributed by atoms with Crippen molar-refractivity contribution in [2.75, 3.05) is 13.2 Å². The Bertz CT molecular complexity index is 187. The van der Waals surface area contributed by atoms with Crippen molar-refractivity contribution in [3.05, 3.63) is 0 Å². The molecule has 82 valence electrons. The van der Waals surface area contributed by atoms with Gasteiger partial charge in [0, 0.05) is 12.6 Å². The molecular formula is C10H20N2OS. The Morgan fingerprint density at radius 2 is 2.29 bits per heavy atom. The van der Waals surface area contributed by atoms with E-state index in [-0.39, 0.29) is 6.61 Å². The Morgan fingerprint density at radius 1 is 1.50 bits per heavy atom. The van der Waals surface area contributed by atoms with Crippen LogP contribution in [0.1, 0.15) is 32.6 Å². The molecule has 1 aliphatic rings. The second-order valence-electron chi connectivity index (χ2n) is 4.09. The van der Waals surface area contributed by atoms with E-state index in [0.717, 1.165) is 5.92 Å². The van der Waals surface area contributed by atoms with Crippen LogP contribution in [0, 0.1) is 5.92 Å². The van der Waals surface area contributed by atoms with E-state index in [2.05, 4.69) is 17.6 Å². The van der Waals surface area contributed by atoms with Crippen molar-refractivity contribution in [2.24, 2.45) is 5.92 Å². The SMILES string of the molecule is C[C@H]1CCCC(NC(=S)NCCO)C1. The number of rotatable bonds is 3. The Hall–Kier alpha value is -0.350. The van der Waals surface area contributed by atoms with Gasteiger partial charge in [0.1, 0.15) is 0 Å². The van der Waals surface area contributed by atoms with Crippen LogP contribution >= 0.6 is 12.2 Å². The first-order valence-corrected chi connectivity index (χ1v) is 5.78. The second-order valence-corrected chi connectivity index (χ2v) is 4.50. The van der Waals surface area contributed by atoms with Crippen molar-refractivity contribution < 1.29 is 5.11 Å². The lowest BCUT2D eigenvalue weighted by Gasteiger charge is -2.28. The van der Waals surface area contributed by atoms with Crippen molar-refractivity contribution in [3.63, 3.8) is 0 Å². The Kier molecular flexibility index (Phi) is 5.19. The van der Waals surface area contributed by atoms with Crippen LogP contribution in [-0.4, -0.2) is 29.4 Å². The number of nitrogens with one attached hydrogen (secondary N) is 2. The monoisotopic (exact) mass is 216 g/mol. The zero-order chi connectivity index (χ0) is 10.4. The summed E-state index contributed by atoms with van der Waals surface area (Å²) < 4.78 is 0. The first kappa shape index (κ1) is 11.7. The van der Waals surface area contributed by atoms with Gasteiger partial charge in [-0.05, 0) is 31.0 Å². The van der Waals surface area contributed by atoms with Crippen molar-refractivity contribution in [1.29, 1.82) is 0 Å². The molecule has 0 aromatic carbocycles. The van der Waals surface area contributed by atoms with E-state index in [1.807, 2.05) is 0 Å². The molecule has 14 heavy (non-hydrogen) atoms. The first-order valence-electron chi connectivity index (χ1n) is 5.37. The van der Waals surface area contributed by atoms with Gasteiger partial charge in [0.2, 0.25) is 0 Å². The summed E-state index contributed by atoms with van der Waals surface area (Å²) in [5, 5.41) is 15.6. The Labute approximate surface area is 91.3 Å². The molecular weight excluding hydrogens is 196 g/mol. The largest absolute Gasteiger partial charge is 0.395 e. The summed E-state index contributed by atoms with van der Waals surface area (Å²) >= 11 is 5.11. The predicted molar refractivity (Wildman–Crippen MR) is 62.2 cm³/mol. The number of hydrogen-bond donors (Lipinski definition) is 3. The van der Waals surface area contributed by atoms with Gasteiger partial charge in [-0.3, -0.25) is 0 Å². The van der Waals surface area contributed by atoms with E-state index >= 15 is 0 Å². The topological polar surface area (TPSA) is 44.3 Å². The lowest BCUT2D eigenvalue weighted by molar-refractivity contribution is 0.298. The van der Waals surface area contributed by atoms with E-state index in [1.165, 1.54) is 25.7 Å². The average molecular weight is 216 g/mol. The number of aliphatic hydroxyl groups excluding tert-OH is 1. The van der Waals surface area contributed by atoms with Crippen molar-refractivity contribution in [2.45, 2.75) is 38.6 Å². The molecule has 1 rings (SSSR count). The number of thiocarbonyl (C=S) groups is 1. The van der Waals surface area contributed by atoms with Crippen LogP contribution in [0.2, 0.25) is 0 Å². The molecule has 0 saturated heterocycles. The molecule has 0 spiro atoms. The minimum absolute atomic E-state index is 0.128. The minimum atomic E-state index is 0.128. The van der Waals surface area contributed by atoms with Gasteiger partial charge in [-0.15, -0.1) is 0 Å². The van der Waals surface area contributed by atoms with Gasteiger partial charge in [0.15, 0.2) is 5.11 Å². The number of aliphatic hydroxyl groups is 1. The lowest BCUT2D eigenvalue weighted by Crippen LogP contribution is -2.44. The molecule has 0 radical (unpaired) electrons. The summed E-state index contributed by atoms with van der Waals surface area (Å²) in [6.45, 7) is 2.95. The van der Waals surface area contributed by atoms with Crippen molar-refractivity contribution in [3.8, 4) is 0 Å². The third-order valence-corrected chi connectivity index (χ3v) is 2.93. The van der Waals surface area contributed by atoms with E-state index in [0.29, 0.717) is 17.7 Å². The molecule has 1 aliphatic carbocycles. The van der Waals surface area contributed by atoms with Crippen LogP contribution in [0.15, 0.2) is 0 Å². The molecule has 0 heterocycles. The normalized spacial score (nSPS) is 27.0. The molecule has 1 unspecified atom stereocenters. The summed E-state index contributed by atoms with van der Waals surface area (Å²) in [6.07, 6.45) is 5.06. The highest BCUT2D eigenvalue weighted by molar-refractivity contribution is 7.80. The maximum absolute atomic E-state index is 8.61. The Balaban J connectivity index is 2.18. The van der Waals surface area contributed by atoms with Crippen LogP contribution < -0.4 is 10.6 Å². The van der Waals surface area contributed by atoms with E-state index in [9.17, 15) is 0 Å². The zero-order valence-electron chi connectivity index (χ0n) is 8.75. The third kappa shape index (κ3) is 4.24. The maximum Gasteiger partial charge on any atom is 0.166 e. The highest BCUT2D eigenvalue weighted by atomic mass is 32.1.